The van der Waals surface area contributed by atoms with Gasteiger partial charge in [-0.2, -0.15) is 5.10 Å². The summed E-state index contributed by atoms with van der Waals surface area (Å²) in [7, 11) is 1.70. The van der Waals surface area contributed by atoms with Crippen LogP contribution in [0.2, 0.25) is 0 Å². The highest BCUT2D eigenvalue weighted by Crippen LogP contribution is 2.13. The fraction of sp³-hybridized carbons (Fsp3) is 0.333. The van der Waals surface area contributed by atoms with Crippen molar-refractivity contribution in [3.8, 4) is 5.69 Å². The van der Waals surface area contributed by atoms with E-state index in [1.165, 1.54) is 0 Å². The number of aromatic nitrogens is 2. The Morgan fingerprint density at radius 2 is 2.14 bits per heavy atom. The molecule has 0 saturated carbocycles. The number of rotatable bonds is 5. The van der Waals surface area contributed by atoms with Gasteiger partial charge < -0.3 is 15.3 Å². The third kappa shape index (κ3) is 4.32. The number of carbonyl (C=O) groups is 1. The summed E-state index contributed by atoms with van der Waals surface area (Å²) < 4.78 is 1.75. The Labute approximate surface area is 124 Å². The highest BCUT2D eigenvalue weighted by molar-refractivity contribution is 5.89. The van der Waals surface area contributed by atoms with Crippen LogP contribution in [0.15, 0.2) is 42.7 Å². The smallest absolute Gasteiger partial charge is 0.321 e. The average molecular weight is 288 g/mol. The maximum Gasteiger partial charge on any atom is 0.321 e. The van der Waals surface area contributed by atoms with Crippen molar-refractivity contribution < 1.29 is 9.90 Å². The van der Waals surface area contributed by atoms with Gasteiger partial charge in [-0.15, -0.1) is 0 Å². The fourth-order valence-electron chi connectivity index (χ4n) is 1.82. The van der Waals surface area contributed by atoms with Crippen LogP contribution in [0.5, 0.6) is 0 Å². The summed E-state index contributed by atoms with van der Waals surface area (Å²) in [5, 5.41) is 16.2. The molecule has 0 aliphatic heterocycles. The molecule has 21 heavy (non-hydrogen) atoms. The van der Waals surface area contributed by atoms with Gasteiger partial charge in [-0.25, -0.2) is 9.48 Å². The van der Waals surface area contributed by atoms with Gasteiger partial charge in [0.15, 0.2) is 0 Å². The van der Waals surface area contributed by atoms with Crippen molar-refractivity contribution in [2.75, 3.05) is 18.9 Å². The first-order chi connectivity index (χ1) is 10.1. The van der Waals surface area contributed by atoms with E-state index in [9.17, 15) is 9.90 Å². The molecule has 1 heterocycles. The first-order valence-electron chi connectivity index (χ1n) is 6.86. The number of aliphatic hydroxyl groups is 1. The van der Waals surface area contributed by atoms with Crippen LogP contribution in [0.25, 0.3) is 5.69 Å². The minimum Gasteiger partial charge on any atom is -0.393 e. The van der Waals surface area contributed by atoms with E-state index in [0.717, 1.165) is 11.4 Å². The number of nitrogens with one attached hydrogen (secondary N) is 1. The van der Waals surface area contributed by atoms with E-state index in [2.05, 4.69) is 10.4 Å². The largest absolute Gasteiger partial charge is 0.393 e. The Kier molecular flexibility index (Phi) is 4.94. The molecule has 2 N–H and O–H groups in total. The van der Waals surface area contributed by atoms with Crippen molar-refractivity contribution in [1.29, 1.82) is 0 Å². The Hall–Kier alpha value is -2.34. The first-order valence-corrected chi connectivity index (χ1v) is 6.86. The van der Waals surface area contributed by atoms with Crippen LogP contribution in [-0.2, 0) is 0 Å². The van der Waals surface area contributed by atoms with Gasteiger partial charge in [0.25, 0.3) is 0 Å². The standard InChI is InChI=1S/C15H20N4O2/c1-12(20)8-11-18(2)15(21)17-13-4-6-14(7-5-13)19-10-3-9-16-19/h3-7,9-10,12,20H,8,11H2,1-2H3,(H,17,21). The third-order valence-electron chi connectivity index (χ3n) is 3.12. The number of hydrogen-bond acceptors (Lipinski definition) is 3. The zero-order valence-corrected chi connectivity index (χ0v) is 12.2. The second-order valence-electron chi connectivity index (χ2n) is 4.99. The van der Waals surface area contributed by atoms with E-state index in [4.69, 9.17) is 0 Å². The Morgan fingerprint density at radius 1 is 1.43 bits per heavy atom. The number of nitrogens with zero attached hydrogens (tertiary/aromatic N) is 3. The Balaban J connectivity index is 1.92. The summed E-state index contributed by atoms with van der Waals surface area (Å²) in [6.45, 7) is 2.22. The topological polar surface area (TPSA) is 70.4 Å². The summed E-state index contributed by atoms with van der Waals surface area (Å²) in [6.07, 6.45) is 3.72. The van der Waals surface area contributed by atoms with E-state index in [-0.39, 0.29) is 6.03 Å². The summed E-state index contributed by atoms with van der Waals surface area (Å²) in [6, 6.07) is 9.10. The van der Waals surface area contributed by atoms with Crippen molar-refractivity contribution in [3.05, 3.63) is 42.7 Å². The molecule has 0 radical (unpaired) electrons. The molecule has 112 valence electrons. The molecule has 0 spiro atoms. The van der Waals surface area contributed by atoms with E-state index in [1.807, 2.05) is 36.5 Å². The minimum absolute atomic E-state index is 0.192. The number of hydrogen-bond donors (Lipinski definition) is 2. The summed E-state index contributed by atoms with van der Waals surface area (Å²) in [4.78, 5) is 13.5. The Bertz CT molecular complexity index is 564. The molecule has 1 aromatic carbocycles. The molecule has 0 saturated heterocycles. The van der Waals surface area contributed by atoms with E-state index in [0.29, 0.717) is 13.0 Å². The lowest BCUT2D eigenvalue weighted by Crippen LogP contribution is -2.33. The van der Waals surface area contributed by atoms with Crippen LogP contribution < -0.4 is 5.32 Å². The lowest BCUT2D eigenvalue weighted by atomic mass is 10.2. The van der Waals surface area contributed by atoms with Crippen molar-refractivity contribution in [2.24, 2.45) is 0 Å². The third-order valence-corrected chi connectivity index (χ3v) is 3.12. The molecule has 2 rings (SSSR count). The molecule has 6 heteroatoms. The van der Waals surface area contributed by atoms with Crippen LogP contribution in [0.1, 0.15) is 13.3 Å². The SMILES string of the molecule is CC(O)CCN(C)C(=O)Nc1ccc(-n2cccn2)cc1. The van der Waals surface area contributed by atoms with Gasteiger partial charge in [0.1, 0.15) is 0 Å². The molecule has 0 fully saturated rings. The normalized spacial score (nSPS) is 12.0. The van der Waals surface area contributed by atoms with Crippen LogP contribution in [0.3, 0.4) is 0 Å². The molecule has 2 aromatic rings. The molecule has 0 bridgehead atoms. The van der Waals surface area contributed by atoms with E-state index in [1.54, 1.807) is 29.7 Å². The molecule has 6 nitrogen and oxygen atoms in total. The van der Waals surface area contributed by atoms with Gasteiger partial charge in [-0.3, -0.25) is 0 Å². The van der Waals surface area contributed by atoms with Gasteiger partial charge >= 0.3 is 6.03 Å². The molecule has 0 aliphatic carbocycles. The lowest BCUT2D eigenvalue weighted by molar-refractivity contribution is 0.167. The molecule has 1 aromatic heterocycles. The maximum atomic E-state index is 12.0. The van der Waals surface area contributed by atoms with Crippen molar-refractivity contribution in [2.45, 2.75) is 19.4 Å². The van der Waals surface area contributed by atoms with Gasteiger partial charge in [-0.05, 0) is 43.7 Å². The highest BCUT2D eigenvalue weighted by Gasteiger charge is 2.09. The predicted octanol–water partition coefficient (Wildman–Crippen LogP) is 2.11. The van der Waals surface area contributed by atoms with Crippen LogP contribution in [0, 0.1) is 0 Å². The summed E-state index contributed by atoms with van der Waals surface area (Å²) in [5.41, 5.74) is 1.65. The van der Waals surface area contributed by atoms with Crippen molar-refractivity contribution >= 4 is 11.7 Å². The molecule has 1 unspecified atom stereocenters. The Morgan fingerprint density at radius 3 is 2.71 bits per heavy atom. The molecular weight excluding hydrogens is 268 g/mol. The number of carbonyl (C=O) groups excluding carboxylic acids is 1. The zero-order valence-electron chi connectivity index (χ0n) is 12.2. The maximum absolute atomic E-state index is 12.0. The van der Waals surface area contributed by atoms with Gasteiger partial charge in [-0.1, -0.05) is 0 Å². The number of urea groups is 1. The van der Waals surface area contributed by atoms with Crippen LogP contribution >= 0.6 is 0 Å². The molecule has 1 atom stereocenters. The second kappa shape index (κ2) is 6.90. The average Bonchev–Trinajstić information content (AvgIpc) is 2.99. The number of benzene rings is 1. The molecular formula is C15H20N4O2. The molecule has 0 aliphatic rings. The lowest BCUT2D eigenvalue weighted by Gasteiger charge is -2.18. The minimum atomic E-state index is -0.409. The monoisotopic (exact) mass is 288 g/mol. The zero-order chi connectivity index (χ0) is 15.2. The number of amides is 2. The van der Waals surface area contributed by atoms with Gasteiger partial charge in [0, 0.05) is 31.7 Å². The highest BCUT2D eigenvalue weighted by atomic mass is 16.3. The van der Waals surface area contributed by atoms with E-state index < -0.39 is 6.10 Å². The van der Waals surface area contributed by atoms with Crippen molar-refractivity contribution in [3.63, 3.8) is 0 Å². The quantitative estimate of drug-likeness (QED) is 0.885. The van der Waals surface area contributed by atoms with E-state index >= 15 is 0 Å². The predicted molar refractivity (Wildman–Crippen MR) is 81.5 cm³/mol. The van der Waals surface area contributed by atoms with Crippen molar-refractivity contribution in [1.82, 2.24) is 14.7 Å². The van der Waals surface area contributed by atoms with Gasteiger partial charge in [0.05, 0.1) is 11.8 Å². The fourth-order valence-corrected chi connectivity index (χ4v) is 1.82. The van der Waals surface area contributed by atoms with Crippen LogP contribution in [0.4, 0.5) is 10.5 Å². The van der Waals surface area contributed by atoms with Gasteiger partial charge in [0.2, 0.25) is 0 Å². The summed E-state index contributed by atoms with van der Waals surface area (Å²) in [5.74, 6) is 0. The molecule has 2 amide bonds. The number of aliphatic hydroxyl groups excluding tert-OH is 1. The second-order valence-corrected chi connectivity index (χ2v) is 4.99. The summed E-state index contributed by atoms with van der Waals surface area (Å²) >= 11 is 0. The first kappa shape index (κ1) is 15.1. The van der Waals surface area contributed by atoms with Crippen LogP contribution in [-0.4, -0.2) is 45.5 Å². The number of anilines is 1.